The number of benzene rings is 2. The molecule has 174 valence electrons. The Morgan fingerprint density at radius 2 is 1.75 bits per heavy atom. The number of carbonyl (C=O) groups is 1. The summed E-state index contributed by atoms with van der Waals surface area (Å²) in [6.45, 7) is 10.8. The number of sulfone groups is 1. The Balaban J connectivity index is 0.00000363. The van der Waals surface area contributed by atoms with Crippen LogP contribution >= 0.6 is 23.7 Å². The van der Waals surface area contributed by atoms with Crippen molar-refractivity contribution in [1.29, 1.82) is 0 Å². The number of thiazole rings is 1. The standard InChI is InChI=1S/C23H29N3O3S2.ClH/c1-5-25(6-2)13-14-26(23-24-20-12-11-17(4)15-21(20)30-23)22(27)18-9-8-10-19(16-18)31(28,29)7-3;/h8-12,15-16H,5-7,13-14H2,1-4H3;1H. The van der Waals surface area contributed by atoms with Crippen LogP contribution in [0.5, 0.6) is 0 Å². The first-order chi connectivity index (χ1) is 14.8. The number of aryl methyl sites for hydroxylation is 1. The van der Waals surface area contributed by atoms with E-state index in [2.05, 4.69) is 24.8 Å². The number of hydrogen-bond acceptors (Lipinski definition) is 6. The van der Waals surface area contributed by atoms with Crippen molar-refractivity contribution in [3.05, 3.63) is 53.6 Å². The van der Waals surface area contributed by atoms with E-state index >= 15 is 0 Å². The Kier molecular flexibility index (Phi) is 9.21. The van der Waals surface area contributed by atoms with Crippen LogP contribution in [0.4, 0.5) is 5.13 Å². The van der Waals surface area contributed by atoms with Crippen molar-refractivity contribution < 1.29 is 13.2 Å². The molecule has 2 aromatic carbocycles. The Morgan fingerprint density at radius 1 is 1.03 bits per heavy atom. The number of fused-ring (bicyclic) bond motifs is 1. The zero-order valence-corrected chi connectivity index (χ0v) is 21.3. The zero-order valence-electron chi connectivity index (χ0n) is 18.9. The Labute approximate surface area is 200 Å². The molecule has 6 nitrogen and oxygen atoms in total. The lowest BCUT2D eigenvalue weighted by molar-refractivity contribution is 0.0983. The van der Waals surface area contributed by atoms with E-state index < -0.39 is 9.84 Å². The number of halogens is 1. The first-order valence-corrected chi connectivity index (χ1v) is 13.0. The predicted octanol–water partition coefficient (Wildman–Crippen LogP) is 4.81. The highest BCUT2D eigenvalue weighted by molar-refractivity contribution is 7.91. The van der Waals surface area contributed by atoms with Gasteiger partial charge in [-0.3, -0.25) is 9.69 Å². The van der Waals surface area contributed by atoms with Gasteiger partial charge in [0.25, 0.3) is 5.91 Å². The monoisotopic (exact) mass is 495 g/mol. The van der Waals surface area contributed by atoms with Gasteiger partial charge in [0.2, 0.25) is 0 Å². The molecule has 32 heavy (non-hydrogen) atoms. The molecule has 1 amide bonds. The molecule has 9 heteroatoms. The summed E-state index contributed by atoms with van der Waals surface area (Å²) in [6.07, 6.45) is 0. The van der Waals surface area contributed by atoms with Crippen molar-refractivity contribution in [3.63, 3.8) is 0 Å². The summed E-state index contributed by atoms with van der Waals surface area (Å²) in [6, 6.07) is 12.3. The fourth-order valence-electron chi connectivity index (χ4n) is 3.35. The number of anilines is 1. The molecule has 3 aromatic rings. The maximum absolute atomic E-state index is 13.5. The van der Waals surface area contributed by atoms with E-state index in [9.17, 15) is 13.2 Å². The van der Waals surface area contributed by atoms with Crippen LogP contribution in [0.3, 0.4) is 0 Å². The Hall–Kier alpha value is -2.00. The molecule has 0 saturated carbocycles. The second-order valence-electron chi connectivity index (χ2n) is 7.38. The molecule has 0 spiro atoms. The van der Waals surface area contributed by atoms with Gasteiger partial charge in [-0.1, -0.05) is 44.2 Å². The molecule has 0 saturated heterocycles. The second kappa shape index (κ2) is 11.2. The van der Waals surface area contributed by atoms with Crippen LogP contribution in [-0.2, 0) is 9.84 Å². The highest BCUT2D eigenvalue weighted by atomic mass is 35.5. The van der Waals surface area contributed by atoms with Gasteiger partial charge in [-0.25, -0.2) is 13.4 Å². The van der Waals surface area contributed by atoms with Crippen molar-refractivity contribution in [2.75, 3.05) is 36.8 Å². The lowest BCUT2D eigenvalue weighted by atomic mass is 10.2. The normalized spacial score (nSPS) is 11.5. The smallest absolute Gasteiger partial charge is 0.260 e. The highest BCUT2D eigenvalue weighted by Gasteiger charge is 2.23. The third-order valence-electron chi connectivity index (χ3n) is 5.36. The molecule has 1 aromatic heterocycles. The van der Waals surface area contributed by atoms with Crippen molar-refractivity contribution >= 4 is 54.8 Å². The van der Waals surface area contributed by atoms with Crippen molar-refractivity contribution in [2.24, 2.45) is 0 Å². The molecule has 0 atom stereocenters. The minimum atomic E-state index is -3.40. The molecule has 0 N–H and O–H groups in total. The fourth-order valence-corrected chi connectivity index (χ4v) is 5.36. The number of carbonyl (C=O) groups excluding carboxylic acids is 1. The Morgan fingerprint density at radius 3 is 2.41 bits per heavy atom. The van der Waals surface area contributed by atoms with Crippen LogP contribution in [0.1, 0.15) is 36.7 Å². The molecule has 0 unspecified atom stereocenters. The molecule has 0 aliphatic carbocycles. The number of rotatable bonds is 9. The van der Waals surface area contributed by atoms with E-state index in [0.29, 0.717) is 23.8 Å². The average Bonchev–Trinajstić information content (AvgIpc) is 3.19. The summed E-state index contributed by atoms with van der Waals surface area (Å²) in [4.78, 5) is 22.3. The number of likely N-dealkylation sites (N-methyl/N-ethyl adjacent to an activating group) is 1. The second-order valence-corrected chi connectivity index (χ2v) is 10.7. The molecule has 1 heterocycles. The third kappa shape index (κ3) is 5.86. The van der Waals surface area contributed by atoms with Gasteiger partial charge in [0.05, 0.1) is 20.9 Å². The van der Waals surface area contributed by atoms with E-state index in [1.54, 1.807) is 24.0 Å². The summed E-state index contributed by atoms with van der Waals surface area (Å²) in [5, 5.41) is 0.626. The molecule has 0 fully saturated rings. The van der Waals surface area contributed by atoms with E-state index in [0.717, 1.165) is 28.9 Å². The van der Waals surface area contributed by atoms with Gasteiger partial charge >= 0.3 is 0 Å². The average molecular weight is 496 g/mol. The molecule has 0 radical (unpaired) electrons. The third-order valence-corrected chi connectivity index (χ3v) is 8.14. The topological polar surface area (TPSA) is 70.6 Å². The van der Waals surface area contributed by atoms with E-state index in [4.69, 9.17) is 4.98 Å². The van der Waals surface area contributed by atoms with Crippen molar-refractivity contribution in [3.8, 4) is 0 Å². The quantitative estimate of drug-likeness (QED) is 0.426. The first kappa shape index (κ1) is 26.3. The minimum absolute atomic E-state index is 0. The number of nitrogens with zero attached hydrogens (tertiary/aromatic N) is 3. The van der Waals surface area contributed by atoms with Gasteiger partial charge < -0.3 is 4.90 Å². The number of amides is 1. The number of aromatic nitrogens is 1. The summed E-state index contributed by atoms with van der Waals surface area (Å²) in [5.74, 6) is -0.246. The lowest BCUT2D eigenvalue weighted by Crippen LogP contribution is -2.39. The summed E-state index contributed by atoms with van der Waals surface area (Å²) in [5.41, 5.74) is 2.35. The molecular formula is C23H30ClN3O3S2. The minimum Gasteiger partial charge on any atom is -0.302 e. The van der Waals surface area contributed by atoms with Crippen molar-refractivity contribution in [2.45, 2.75) is 32.6 Å². The number of hydrogen-bond donors (Lipinski definition) is 0. The SMILES string of the molecule is CCN(CC)CCN(C(=O)c1cccc(S(=O)(=O)CC)c1)c1nc2ccc(C)cc2s1.Cl. The highest BCUT2D eigenvalue weighted by Crippen LogP contribution is 2.30. The van der Waals surface area contributed by atoms with Gasteiger partial charge in [-0.15, -0.1) is 12.4 Å². The molecule has 0 aliphatic heterocycles. The van der Waals surface area contributed by atoms with Crippen LogP contribution in [0.2, 0.25) is 0 Å². The van der Waals surface area contributed by atoms with Crippen LogP contribution in [0, 0.1) is 6.92 Å². The van der Waals surface area contributed by atoms with Crippen LogP contribution in [-0.4, -0.2) is 56.1 Å². The molecule has 3 rings (SSSR count). The van der Waals surface area contributed by atoms with E-state index in [1.807, 2.05) is 19.1 Å². The van der Waals surface area contributed by atoms with Gasteiger partial charge in [-0.2, -0.15) is 0 Å². The van der Waals surface area contributed by atoms with Gasteiger partial charge in [-0.05, 0) is 55.9 Å². The lowest BCUT2D eigenvalue weighted by Gasteiger charge is -2.25. The summed E-state index contributed by atoms with van der Waals surface area (Å²) in [7, 11) is -3.40. The summed E-state index contributed by atoms with van der Waals surface area (Å²) < 4.78 is 25.7. The van der Waals surface area contributed by atoms with Crippen molar-refractivity contribution in [1.82, 2.24) is 9.88 Å². The Bertz CT molecular complexity index is 1170. The van der Waals surface area contributed by atoms with Gasteiger partial charge in [0, 0.05) is 18.7 Å². The van der Waals surface area contributed by atoms with Crippen LogP contribution in [0.25, 0.3) is 10.2 Å². The predicted molar refractivity (Wildman–Crippen MR) is 135 cm³/mol. The zero-order chi connectivity index (χ0) is 22.6. The largest absolute Gasteiger partial charge is 0.302 e. The molecule has 0 aliphatic rings. The van der Waals surface area contributed by atoms with E-state index in [1.165, 1.54) is 23.5 Å². The first-order valence-electron chi connectivity index (χ1n) is 10.5. The fraction of sp³-hybridized carbons (Fsp3) is 0.391. The van der Waals surface area contributed by atoms with Gasteiger partial charge in [0.1, 0.15) is 0 Å². The van der Waals surface area contributed by atoms with Crippen LogP contribution in [0.15, 0.2) is 47.4 Å². The van der Waals surface area contributed by atoms with E-state index in [-0.39, 0.29) is 29.0 Å². The molecule has 0 bridgehead atoms. The maximum atomic E-state index is 13.5. The molecular weight excluding hydrogens is 466 g/mol. The summed E-state index contributed by atoms with van der Waals surface area (Å²) >= 11 is 1.48. The maximum Gasteiger partial charge on any atom is 0.260 e. The van der Waals surface area contributed by atoms with Gasteiger partial charge in [0.15, 0.2) is 15.0 Å². The van der Waals surface area contributed by atoms with Crippen LogP contribution < -0.4 is 4.90 Å².